The van der Waals surface area contributed by atoms with E-state index in [9.17, 15) is 0 Å². The highest BCUT2D eigenvalue weighted by atomic mass is 15.3. The predicted molar refractivity (Wildman–Crippen MR) is 71.1 cm³/mol. The Hall–Kier alpha value is -0.830. The van der Waals surface area contributed by atoms with Gasteiger partial charge in [0.25, 0.3) is 0 Å². The molecule has 1 aromatic heterocycles. The van der Waals surface area contributed by atoms with Crippen molar-refractivity contribution in [1.82, 2.24) is 9.78 Å². The molecule has 96 valence electrons. The van der Waals surface area contributed by atoms with Crippen molar-refractivity contribution < 1.29 is 0 Å². The van der Waals surface area contributed by atoms with Crippen molar-refractivity contribution in [1.29, 1.82) is 0 Å². The van der Waals surface area contributed by atoms with Crippen LogP contribution >= 0.6 is 0 Å². The summed E-state index contributed by atoms with van der Waals surface area (Å²) in [7, 11) is 0. The lowest BCUT2D eigenvalue weighted by atomic mass is 9.87. The largest absolute Gasteiger partial charge is 0.325 e. The van der Waals surface area contributed by atoms with Crippen LogP contribution in [-0.4, -0.2) is 15.8 Å². The van der Waals surface area contributed by atoms with Crippen LogP contribution in [0.15, 0.2) is 0 Å². The van der Waals surface area contributed by atoms with E-state index in [0.717, 1.165) is 12.8 Å². The number of aromatic nitrogens is 2. The van der Waals surface area contributed by atoms with Gasteiger partial charge in [0.2, 0.25) is 0 Å². The van der Waals surface area contributed by atoms with Crippen molar-refractivity contribution in [2.45, 2.75) is 66.0 Å². The fraction of sp³-hybridized carbons (Fsp3) is 0.786. The molecule has 2 atom stereocenters. The van der Waals surface area contributed by atoms with Gasteiger partial charge in [-0.15, -0.1) is 0 Å². The van der Waals surface area contributed by atoms with Gasteiger partial charge in [-0.2, -0.15) is 5.10 Å². The standard InChI is InChI=1S/C14H25N3/c1-6-11-9(2)16-17(10(11)3)12-7-8-14(4,5)13(12)15/h12-13H,6-8,15H2,1-5H3. The second-order valence-corrected chi connectivity index (χ2v) is 6.07. The number of aryl methyl sites for hydroxylation is 1. The van der Waals surface area contributed by atoms with E-state index >= 15 is 0 Å². The first-order valence-electron chi connectivity index (χ1n) is 6.68. The maximum absolute atomic E-state index is 6.40. The molecule has 2 unspecified atom stereocenters. The molecule has 1 fully saturated rings. The van der Waals surface area contributed by atoms with E-state index in [1.165, 1.54) is 23.4 Å². The number of hydrogen-bond donors (Lipinski definition) is 1. The zero-order valence-electron chi connectivity index (χ0n) is 11.7. The van der Waals surface area contributed by atoms with Crippen molar-refractivity contribution in [3.63, 3.8) is 0 Å². The van der Waals surface area contributed by atoms with Crippen molar-refractivity contribution >= 4 is 0 Å². The van der Waals surface area contributed by atoms with Crippen LogP contribution < -0.4 is 5.73 Å². The summed E-state index contributed by atoms with van der Waals surface area (Å²) in [4.78, 5) is 0. The van der Waals surface area contributed by atoms with E-state index in [1.54, 1.807) is 0 Å². The van der Waals surface area contributed by atoms with E-state index in [0.29, 0.717) is 6.04 Å². The van der Waals surface area contributed by atoms with E-state index < -0.39 is 0 Å². The van der Waals surface area contributed by atoms with Crippen molar-refractivity contribution in [2.24, 2.45) is 11.1 Å². The first-order valence-corrected chi connectivity index (χ1v) is 6.68. The molecule has 1 aromatic rings. The number of nitrogens with zero attached hydrogens (tertiary/aromatic N) is 2. The minimum atomic E-state index is 0.213. The molecule has 3 nitrogen and oxygen atoms in total. The Labute approximate surface area is 104 Å². The monoisotopic (exact) mass is 235 g/mol. The van der Waals surface area contributed by atoms with Crippen molar-refractivity contribution in [3.05, 3.63) is 17.0 Å². The lowest BCUT2D eigenvalue weighted by Crippen LogP contribution is -2.38. The first kappa shape index (κ1) is 12.6. The minimum Gasteiger partial charge on any atom is -0.325 e. The Morgan fingerprint density at radius 1 is 1.41 bits per heavy atom. The molecule has 1 aliphatic rings. The van der Waals surface area contributed by atoms with Gasteiger partial charge >= 0.3 is 0 Å². The van der Waals surface area contributed by atoms with E-state index in [2.05, 4.69) is 39.3 Å². The van der Waals surface area contributed by atoms with Gasteiger partial charge in [-0.25, -0.2) is 0 Å². The van der Waals surface area contributed by atoms with E-state index in [4.69, 9.17) is 10.8 Å². The fourth-order valence-corrected chi connectivity index (χ4v) is 3.19. The molecule has 0 amide bonds. The van der Waals surface area contributed by atoms with Gasteiger partial charge in [-0.05, 0) is 44.1 Å². The molecule has 1 saturated carbocycles. The molecule has 0 bridgehead atoms. The average Bonchev–Trinajstić information content (AvgIpc) is 2.67. The molecule has 0 saturated heterocycles. The summed E-state index contributed by atoms with van der Waals surface area (Å²) >= 11 is 0. The van der Waals surface area contributed by atoms with E-state index in [-0.39, 0.29) is 11.5 Å². The summed E-state index contributed by atoms with van der Waals surface area (Å²) < 4.78 is 2.19. The SMILES string of the molecule is CCc1c(C)nn(C2CCC(C)(C)C2N)c1C. The molecule has 0 aromatic carbocycles. The summed E-state index contributed by atoms with van der Waals surface area (Å²) in [6, 6.07) is 0.592. The molecule has 1 aliphatic carbocycles. The Balaban J connectivity index is 2.36. The first-order chi connectivity index (χ1) is 7.88. The molecule has 2 rings (SSSR count). The fourth-order valence-electron chi connectivity index (χ4n) is 3.19. The Morgan fingerprint density at radius 3 is 2.47 bits per heavy atom. The second-order valence-electron chi connectivity index (χ2n) is 6.07. The van der Waals surface area contributed by atoms with Gasteiger partial charge in [0.1, 0.15) is 0 Å². The maximum Gasteiger partial charge on any atom is 0.0678 e. The van der Waals surface area contributed by atoms with Gasteiger partial charge in [-0.1, -0.05) is 20.8 Å². The summed E-state index contributed by atoms with van der Waals surface area (Å²) in [5.41, 5.74) is 10.5. The van der Waals surface area contributed by atoms with Crippen LogP contribution in [0.2, 0.25) is 0 Å². The lowest BCUT2D eigenvalue weighted by Gasteiger charge is -2.27. The molecule has 0 spiro atoms. The van der Waals surface area contributed by atoms with Gasteiger partial charge < -0.3 is 5.73 Å². The summed E-state index contributed by atoms with van der Waals surface area (Å²) in [6.45, 7) is 11.0. The molecule has 0 radical (unpaired) electrons. The number of nitrogens with two attached hydrogens (primary N) is 1. The Bertz CT molecular complexity index is 417. The zero-order valence-corrected chi connectivity index (χ0v) is 11.7. The third kappa shape index (κ3) is 1.90. The van der Waals surface area contributed by atoms with Crippen LogP contribution in [0.25, 0.3) is 0 Å². The summed E-state index contributed by atoms with van der Waals surface area (Å²) in [5.74, 6) is 0. The topological polar surface area (TPSA) is 43.8 Å². The van der Waals surface area contributed by atoms with Crippen LogP contribution in [0, 0.1) is 19.3 Å². The molecule has 0 aliphatic heterocycles. The Morgan fingerprint density at radius 2 is 2.06 bits per heavy atom. The second kappa shape index (κ2) is 4.13. The molecule has 17 heavy (non-hydrogen) atoms. The Kier molecular flexibility index (Phi) is 3.06. The van der Waals surface area contributed by atoms with Gasteiger partial charge in [-0.3, -0.25) is 4.68 Å². The van der Waals surface area contributed by atoms with Gasteiger partial charge in [0.15, 0.2) is 0 Å². The quantitative estimate of drug-likeness (QED) is 0.856. The summed E-state index contributed by atoms with van der Waals surface area (Å²) in [6.07, 6.45) is 3.40. The van der Waals surface area contributed by atoms with Crippen LogP contribution in [0.3, 0.4) is 0 Å². The van der Waals surface area contributed by atoms with Crippen LogP contribution in [0.4, 0.5) is 0 Å². The average molecular weight is 235 g/mol. The molecular formula is C14H25N3. The van der Waals surface area contributed by atoms with Crippen LogP contribution in [0.5, 0.6) is 0 Å². The molecular weight excluding hydrogens is 210 g/mol. The summed E-state index contributed by atoms with van der Waals surface area (Å²) in [5, 5.41) is 4.72. The smallest absolute Gasteiger partial charge is 0.0678 e. The van der Waals surface area contributed by atoms with Crippen LogP contribution in [0.1, 0.15) is 56.6 Å². The zero-order chi connectivity index (χ0) is 12.8. The predicted octanol–water partition coefficient (Wildman–Crippen LogP) is 2.75. The molecule has 3 heteroatoms. The number of rotatable bonds is 2. The molecule has 1 heterocycles. The maximum atomic E-state index is 6.40. The molecule has 2 N–H and O–H groups in total. The third-order valence-corrected chi connectivity index (χ3v) is 4.54. The van der Waals surface area contributed by atoms with Crippen LogP contribution in [-0.2, 0) is 6.42 Å². The normalized spacial score (nSPS) is 27.6. The highest BCUT2D eigenvalue weighted by Crippen LogP contribution is 2.43. The van der Waals surface area contributed by atoms with Crippen molar-refractivity contribution in [2.75, 3.05) is 0 Å². The van der Waals surface area contributed by atoms with Gasteiger partial charge in [0.05, 0.1) is 11.7 Å². The highest BCUT2D eigenvalue weighted by molar-refractivity contribution is 5.25. The lowest BCUT2D eigenvalue weighted by molar-refractivity contribution is 0.289. The van der Waals surface area contributed by atoms with Crippen molar-refractivity contribution in [3.8, 4) is 0 Å². The number of hydrogen-bond acceptors (Lipinski definition) is 2. The third-order valence-electron chi connectivity index (χ3n) is 4.54. The minimum absolute atomic E-state index is 0.213. The van der Waals surface area contributed by atoms with Gasteiger partial charge in [0, 0.05) is 11.7 Å². The van der Waals surface area contributed by atoms with E-state index in [1.807, 2.05) is 0 Å². The highest BCUT2D eigenvalue weighted by Gasteiger charge is 2.41.